The Morgan fingerprint density at radius 1 is 1.06 bits per heavy atom. The van der Waals surface area contributed by atoms with Gasteiger partial charge in [0.25, 0.3) is 5.91 Å². The summed E-state index contributed by atoms with van der Waals surface area (Å²) in [5.41, 5.74) is 4.14. The highest BCUT2D eigenvalue weighted by Gasteiger charge is 2.29. The largest absolute Gasteiger partial charge is 0.497 e. The first-order valence-corrected chi connectivity index (χ1v) is 11.1. The SMILES string of the molecule is COc1ccc(OCC(=O)N2CCC(c3cc(-c4ccc(C)cc4)nc(N(C)C)n3)C2)cc1. The number of aryl methyl sites for hydroxylation is 1. The number of rotatable bonds is 7. The molecule has 1 amide bonds. The third kappa shape index (κ3) is 5.42. The van der Waals surface area contributed by atoms with Crippen LogP contribution in [0.15, 0.2) is 54.6 Å². The second-order valence-corrected chi connectivity index (χ2v) is 8.53. The molecule has 7 heteroatoms. The first kappa shape index (κ1) is 22.6. The molecule has 0 radical (unpaired) electrons. The van der Waals surface area contributed by atoms with Gasteiger partial charge in [-0.2, -0.15) is 0 Å². The topological polar surface area (TPSA) is 67.8 Å². The van der Waals surface area contributed by atoms with Crippen LogP contribution in [0.3, 0.4) is 0 Å². The summed E-state index contributed by atoms with van der Waals surface area (Å²) >= 11 is 0. The Kier molecular flexibility index (Phi) is 6.77. The van der Waals surface area contributed by atoms with E-state index in [4.69, 9.17) is 19.4 Å². The van der Waals surface area contributed by atoms with E-state index < -0.39 is 0 Å². The van der Waals surface area contributed by atoms with Crippen molar-refractivity contribution in [3.8, 4) is 22.8 Å². The number of methoxy groups -OCH3 is 1. The van der Waals surface area contributed by atoms with Crippen LogP contribution in [0.1, 0.15) is 23.6 Å². The molecule has 1 atom stereocenters. The highest BCUT2D eigenvalue weighted by Crippen LogP contribution is 2.30. The van der Waals surface area contributed by atoms with Crippen molar-refractivity contribution in [1.29, 1.82) is 0 Å². The van der Waals surface area contributed by atoms with Crippen LogP contribution < -0.4 is 14.4 Å². The minimum atomic E-state index is -0.0195. The Morgan fingerprint density at radius 3 is 2.42 bits per heavy atom. The van der Waals surface area contributed by atoms with Gasteiger partial charge in [0.2, 0.25) is 5.95 Å². The molecule has 0 bridgehead atoms. The lowest BCUT2D eigenvalue weighted by Gasteiger charge is -2.18. The van der Waals surface area contributed by atoms with Gasteiger partial charge in [-0.15, -0.1) is 0 Å². The monoisotopic (exact) mass is 446 g/mol. The van der Waals surface area contributed by atoms with E-state index in [1.807, 2.05) is 36.0 Å². The van der Waals surface area contributed by atoms with Crippen LogP contribution in [-0.4, -0.2) is 61.7 Å². The molecule has 172 valence electrons. The van der Waals surface area contributed by atoms with E-state index in [-0.39, 0.29) is 18.4 Å². The smallest absolute Gasteiger partial charge is 0.260 e. The van der Waals surface area contributed by atoms with Crippen molar-refractivity contribution >= 4 is 11.9 Å². The molecule has 2 heterocycles. The summed E-state index contributed by atoms with van der Waals surface area (Å²) in [6.07, 6.45) is 0.867. The van der Waals surface area contributed by atoms with Crippen LogP contribution in [0.25, 0.3) is 11.3 Å². The van der Waals surface area contributed by atoms with Gasteiger partial charge < -0.3 is 19.3 Å². The molecule has 4 rings (SSSR count). The van der Waals surface area contributed by atoms with Gasteiger partial charge in [-0.25, -0.2) is 9.97 Å². The third-order valence-electron chi connectivity index (χ3n) is 5.86. The van der Waals surface area contributed by atoms with Crippen molar-refractivity contribution in [2.45, 2.75) is 19.3 Å². The van der Waals surface area contributed by atoms with Gasteiger partial charge in [0.05, 0.1) is 18.5 Å². The van der Waals surface area contributed by atoms with Gasteiger partial charge in [-0.1, -0.05) is 29.8 Å². The first-order chi connectivity index (χ1) is 15.9. The number of likely N-dealkylation sites (tertiary alicyclic amines) is 1. The van der Waals surface area contributed by atoms with E-state index in [0.717, 1.165) is 29.1 Å². The second-order valence-electron chi connectivity index (χ2n) is 8.53. The number of ether oxygens (including phenoxy) is 2. The zero-order chi connectivity index (χ0) is 23.4. The lowest BCUT2D eigenvalue weighted by atomic mass is 10.0. The molecule has 33 heavy (non-hydrogen) atoms. The summed E-state index contributed by atoms with van der Waals surface area (Å²) < 4.78 is 10.8. The van der Waals surface area contributed by atoms with E-state index in [0.29, 0.717) is 24.8 Å². The molecule has 1 unspecified atom stereocenters. The predicted octanol–water partition coefficient (Wildman–Crippen LogP) is 3.92. The number of aromatic nitrogens is 2. The molecule has 1 aliphatic heterocycles. The van der Waals surface area contributed by atoms with Crippen LogP contribution in [0.2, 0.25) is 0 Å². The molecule has 0 aliphatic carbocycles. The number of hydrogen-bond acceptors (Lipinski definition) is 6. The lowest BCUT2D eigenvalue weighted by molar-refractivity contribution is -0.132. The van der Waals surface area contributed by atoms with Crippen LogP contribution in [0.5, 0.6) is 11.5 Å². The Balaban J connectivity index is 1.45. The number of anilines is 1. The molecule has 2 aromatic carbocycles. The van der Waals surface area contributed by atoms with Crippen LogP contribution >= 0.6 is 0 Å². The third-order valence-corrected chi connectivity index (χ3v) is 5.86. The Morgan fingerprint density at radius 2 is 1.76 bits per heavy atom. The van der Waals surface area contributed by atoms with Gasteiger partial charge >= 0.3 is 0 Å². The summed E-state index contributed by atoms with van der Waals surface area (Å²) in [6, 6.07) is 17.6. The number of benzene rings is 2. The Hall–Kier alpha value is -3.61. The van der Waals surface area contributed by atoms with Crippen molar-refractivity contribution in [3.63, 3.8) is 0 Å². The molecule has 0 spiro atoms. The molecule has 3 aromatic rings. The molecular formula is C26H30N4O3. The average Bonchev–Trinajstić information content (AvgIpc) is 3.33. The summed E-state index contributed by atoms with van der Waals surface area (Å²) in [5.74, 6) is 2.22. The fraction of sp³-hybridized carbons (Fsp3) is 0.346. The van der Waals surface area contributed by atoms with Crippen LogP contribution in [-0.2, 0) is 4.79 Å². The first-order valence-electron chi connectivity index (χ1n) is 11.1. The van der Waals surface area contributed by atoms with Crippen molar-refractivity contribution in [2.24, 2.45) is 0 Å². The van der Waals surface area contributed by atoms with Gasteiger partial charge in [0.15, 0.2) is 6.61 Å². The van der Waals surface area contributed by atoms with Gasteiger partial charge in [0, 0.05) is 38.7 Å². The fourth-order valence-electron chi connectivity index (χ4n) is 3.87. The van der Waals surface area contributed by atoms with Crippen molar-refractivity contribution in [2.75, 3.05) is 45.8 Å². The quantitative estimate of drug-likeness (QED) is 0.548. The number of amides is 1. The molecule has 0 N–H and O–H groups in total. The molecule has 1 aliphatic rings. The Bertz CT molecular complexity index is 1100. The predicted molar refractivity (Wildman–Crippen MR) is 129 cm³/mol. The lowest BCUT2D eigenvalue weighted by Crippen LogP contribution is -2.33. The van der Waals surface area contributed by atoms with Crippen LogP contribution in [0, 0.1) is 6.92 Å². The molecule has 7 nitrogen and oxygen atoms in total. The van der Waals surface area contributed by atoms with Crippen molar-refractivity contribution < 1.29 is 14.3 Å². The highest BCUT2D eigenvalue weighted by molar-refractivity contribution is 5.78. The van der Waals surface area contributed by atoms with E-state index >= 15 is 0 Å². The normalized spacial score (nSPS) is 15.4. The zero-order valence-corrected chi connectivity index (χ0v) is 19.6. The minimum Gasteiger partial charge on any atom is -0.497 e. The number of carbonyl (C=O) groups is 1. The van der Waals surface area contributed by atoms with Gasteiger partial charge in [0.1, 0.15) is 11.5 Å². The van der Waals surface area contributed by atoms with Crippen LogP contribution in [0.4, 0.5) is 5.95 Å². The van der Waals surface area contributed by atoms with E-state index in [1.165, 1.54) is 5.56 Å². The van der Waals surface area contributed by atoms with Gasteiger partial charge in [-0.3, -0.25) is 4.79 Å². The number of nitrogens with zero attached hydrogens (tertiary/aromatic N) is 4. The van der Waals surface area contributed by atoms with Crippen molar-refractivity contribution in [3.05, 3.63) is 65.9 Å². The van der Waals surface area contributed by atoms with E-state index in [9.17, 15) is 4.79 Å². The average molecular weight is 447 g/mol. The summed E-state index contributed by atoms with van der Waals surface area (Å²) in [4.78, 5) is 26.1. The maximum Gasteiger partial charge on any atom is 0.260 e. The fourth-order valence-corrected chi connectivity index (χ4v) is 3.87. The number of carbonyl (C=O) groups excluding carboxylic acids is 1. The highest BCUT2D eigenvalue weighted by atomic mass is 16.5. The molecule has 1 fully saturated rings. The number of hydrogen-bond donors (Lipinski definition) is 0. The van der Waals surface area contributed by atoms with Crippen molar-refractivity contribution in [1.82, 2.24) is 14.9 Å². The molecular weight excluding hydrogens is 416 g/mol. The second kappa shape index (κ2) is 9.90. The minimum absolute atomic E-state index is 0.0143. The van der Waals surface area contributed by atoms with Gasteiger partial charge in [-0.05, 0) is 43.7 Å². The Labute approximate surface area is 195 Å². The standard InChI is InChI=1S/C26H30N4O3/c1-18-5-7-19(8-6-18)23-15-24(28-26(27-23)29(2)3)20-13-14-30(16-20)25(31)17-33-22-11-9-21(32-4)10-12-22/h5-12,15,20H,13-14,16-17H2,1-4H3. The van der Waals surface area contributed by atoms with E-state index in [2.05, 4.69) is 37.3 Å². The summed E-state index contributed by atoms with van der Waals surface area (Å²) in [7, 11) is 5.50. The molecule has 0 saturated carbocycles. The summed E-state index contributed by atoms with van der Waals surface area (Å²) in [5, 5.41) is 0. The molecule has 1 saturated heterocycles. The maximum absolute atomic E-state index is 12.7. The maximum atomic E-state index is 12.7. The summed E-state index contributed by atoms with van der Waals surface area (Å²) in [6.45, 7) is 3.40. The molecule has 1 aromatic heterocycles. The zero-order valence-electron chi connectivity index (χ0n) is 19.6. The van der Waals surface area contributed by atoms with E-state index in [1.54, 1.807) is 19.2 Å².